The average molecular weight is 796 g/mol. The van der Waals surface area contributed by atoms with Gasteiger partial charge in [-0.2, -0.15) is 0 Å². The lowest BCUT2D eigenvalue weighted by molar-refractivity contribution is 0.672. The van der Waals surface area contributed by atoms with E-state index in [0.717, 1.165) is 50.0 Å². The van der Waals surface area contributed by atoms with E-state index in [2.05, 4.69) is 229 Å². The zero-order valence-corrected chi connectivity index (χ0v) is 33.9. The number of thiophene rings is 1. The van der Waals surface area contributed by atoms with Crippen molar-refractivity contribution in [2.24, 2.45) is 0 Å². The van der Waals surface area contributed by atoms with E-state index in [-0.39, 0.29) is 0 Å². The van der Waals surface area contributed by atoms with Crippen molar-refractivity contribution >= 4 is 81.3 Å². The highest BCUT2D eigenvalue weighted by atomic mass is 32.1. The number of nitrogens with zero attached hydrogens (tertiary/aromatic N) is 1. The van der Waals surface area contributed by atoms with Crippen molar-refractivity contribution in [1.82, 2.24) is 0 Å². The van der Waals surface area contributed by atoms with E-state index in [1.54, 1.807) is 0 Å². The van der Waals surface area contributed by atoms with Crippen molar-refractivity contribution in [1.29, 1.82) is 0 Å². The van der Waals surface area contributed by atoms with Crippen molar-refractivity contribution in [3.05, 3.63) is 224 Å². The monoisotopic (exact) mass is 795 g/mol. The minimum Gasteiger partial charge on any atom is -0.455 e. The number of hydrogen-bond donors (Lipinski definition) is 0. The summed E-state index contributed by atoms with van der Waals surface area (Å²) in [5, 5.41) is 7.09. The SMILES string of the molecule is c1ccc(-c2cc(-c3ccccc3)cc(-c3ccc(N(c4ccc(-c5ccc6sc7ccccc7c6c5)cc4)c4cccc5oc6c7ccccc7ccc6c45)cc3)c2)cc1. The molecule has 61 heavy (non-hydrogen) atoms. The number of furan rings is 1. The summed E-state index contributed by atoms with van der Waals surface area (Å²) in [6, 6.07) is 81.2. The Morgan fingerprint density at radius 1 is 0.328 bits per heavy atom. The van der Waals surface area contributed by atoms with Crippen LogP contribution in [0.4, 0.5) is 17.1 Å². The van der Waals surface area contributed by atoms with E-state index < -0.39 is 0 Å². The van der Waals surface area contributed by atoms with E-state index in [0.29, 0.717) is 0 Å². The van der Waals surface area contributed by atoms with Crippen molar-refractivity contribution in [3.8, 4) is 44.5 Å². The van der Waals surface area contributed by atoms with Gasteiger partial charge in [0.1, 0.15) is 11.2 Å². The highest BCUT2D eigenvalue weighted by Crippen LogP contribution is 2.45. The molecule has 3 heteroatoms. The topological polar surface area (TPSA) is 16.4 Å². The van der Waals surface area contributed by atoms with E-state index in [1.807, 2.05) is 11.3 Å². The van der Waals surface area contributed by atoms with Gasteiger partial charge in [-0.25, -0.2) is 0 Å². The van der Waals surface area contributed by atoms with Gasteiger partial charge < -0.3 is 9.32 Å². The molecule has 0 atom stereocenters. The molecule has 0 spiro atoms. The van der Waals surface area contributed by atoms with Crippen LogP contribution in [0.25, 0.3) is 97.4 Å². The number of fused-ring (bicyclic) bond motifs is 8. The number of benzene rings is 10. The molecular formula is C58H37NOS. The summed E-state index contributed by atoms with van der Waals surface area (Å²) in [4.78, 5) is 2.38. The van der Waals surface area contributed by atoms with Gasteiger partial charge in [-0.05, 0) is 129 Å². The van der Waals surface area contributed by atoms with Gasteiger partial charge in [-0.15, -0.1) is 11.3 Å². The molecule has 0 radical (unpaired) electrons. The summed E-state index contributed by atoms with van der Waals surface area (Å²) >= 11 is 1.85. The van der Waals surface area contributed by atoms with Crippen LogP contribution in [0.2, 0.25) is 0 Å². The maximum atomic E-state index is 6.71. The molecule has 12 rings (SSSR count). The third-order valence-electron chi connectivity index (χ3n) is 12.0. The van der Waals surface area contributed by atoms with Gasteiger partial charge in [0.25, 0.3) is 0 Å². The fourth-order valence-electron chi connectivity index (χ4n) is 9.05. The Morgan fingerprint density at radius 2 is 0.869 bits per heavy atom. The zero-order chi connectivity index (χ0) is 40.3. The molecule has 0 N–H and O–H groups in total. The maximum Gasteiger partial charge on any atom is 0.143 e. The largest absolute Gasteiger partial charge is 0.455 e. The van der Waals surface area contributed by atoms with Crippen LogP contribution in [0, 0.1) is 0 Å². The first-order valence-corrected chi connectivity index (χ1v) is 21.5. The molecule has 0 saturated carbocycles. The van der Waals surface area contributed by atoms with Crippen LogP contribution in [0.5, 0.6) is 0 Å². The average Bonchev–Trinajstić information content (AvgIpc) is 3.92. The second kappa shape index (κ2) is 14.5. The van der Waals surface area contributed by atoms with E-state index in [4.69, 9.17) is 4.42 Å². The molecule has 0 aliphatic heterocycles. The first-order chi connectivity index (χ1) is 30.2. The predicted molar refractivity (Wildman–Crippen MR) is 261 cm³/mol. The highest BCUT2D eigenvalue weighted by molar-refractivity contribution is 7.25. The molecule has 2 nitrogen and oxygen atoms in total. The first-order valence-electron chi connectivity index (χ1n) is 20.7. The Balaban J connectivity index is 1.00. The van der Waals surface area contributed by atoms with Crippen LogP contribution in [0.1, 0.15) is 0 Å². The number of hydrogen-bond acceptors (Lipinski definition) is 3. The Kier molecular flexibility index (Phi) is 8.39. The summed E-state index contributed by atoms with van der Waals surface area (Å²) < 4.78 is 9.34. The molecule has 0 aliphatic carbocycles. The Morgan fingerprint density at radius 3 is 1.54 bits per heavy atom. The Labute approximate surface area is 357 Å². The molecule has 0 bridgehead atoms. The second-order valence-corrected chi connectivity index (χ2v) is 16.8. The van der Waals surface area contributed by atoms with Crippen LogP contribution in [-0.4, -0.2) is 0 Å². The minimum absolute atomic E-state index is 0.865. The molecule has 286 valence electrons. The molecule has 0 aliphatic rings. The van der Waals surface area contributed by atoms with Gasteiger partial charge in [-0.1, -0.05) is 146 Å². The summed E-state index contributed by atoms with van der Waals surface area (Å²) in [6.45, 7) is 0. The van der Waals surface area contributed by atoms with Gasteiger partial charge in [-0.3, -0.25) is 0 Å². The zero-order valence-electron chi connectivity index (χ0n) is 33.1. The van der Waals surface area contributed by atoms with Crippen LogP contribution in [0.3, 0.4) is 0 Å². The first kappa shape index (κ1) is 35.2. The standard InChI is InChI=1S/C58H37NOS/c1-3-12-38(13-4-1)44-34-45(39-14-5-2-6-15-39)36-46(35-44)41-24-30-48(31-25-41)59(53-19-11-20-54-57(53)51-32-26-42-16-7-8-17-49(42)58(51)60-54)47-28-22-40(23-29-47)43-27-33-56-52(37-43)50-18-9-10-21-55(50)61-56/h1-37H. The molecule has 0 amide bonds. The summed E-state index contributed by atoms with van der Waals surface area (Å²) in [5.74, 6) is 0. The third kappa shape index (κ3) is 6.18. The van der Waals surface area contributed by atoms with Crippen molar-refractivity contribution in [2.45, 2.75) is 0 Å². The second-order valence-electron chi connectivity index (χ2n) is 15.7. The highest BCUT2D eigenvalue weighted by Gasteiger charge is 2.21. The fourth-order valence-corrected chi connectivity index (χ4v) is 10.1. The molecule has 12 aromatic rings. The number of anilines is 3. The minimum atomic E-state index is 0.865. The van der Waals surface area contributed by atoms with Crippen LogP contribution < -0.4 is 4.90 Å². The lowest BCUT2D eigenvalue weighted by Crippen LogP contribution is -2.10. The molecular weight excluding hydrogens is 759 g/mol. The molecule has 0 fully saturated rings. The molecule has 10 aromatic carbocycles. The van der Waals surface area contributed by atoms with Gasteiger partial charge in [0.2, 0.25) is 0 Å². The maximum absolute atomic E-state index is 6.71. The van der Waals surface area contributed by atoms with Crippen molar-refractivity contribution in [2.75, 3.05) is 4.90 Å². The molecule has 2 aromatic heterocycles. The fraction of sp³-hybridized carbons (Fsp3) is 0. The summed E-state index contributed by atoms with van der Waals surface area (Å²) in [6.07, 6.45) is 0. The van der Waals surface area contributed by atoms with Gasteiger partial charge in [0.05, 0.1) is 11.1 Å². The van der Waals surface area contributed by atoms with Gasteiger partial charge in [0.15, 0.2) is 0 Å². The number of rotatable bonds is 7. The van der Waals surface area contributed by atoms with E-state index >= 15 is 0 Å². The smallest absolute Gasteiger partial charge is 0.143 e. The van der Waals surface area contributed by atoms with Gasteiger partial charge >= 0.3 is 0 Å². The Bertz CT molecular complexity index is 3510. The van der Waals surface area contributed by atoms with E-state index in [1.165, 1.54) is 64.5 Å². The predicted octanol–water partition coefficient (Wildman–Crippen LogP) is 17.2. The lowest BCUT2D eigenvalue weighted by Gasteiger charge is -2.26. The summed E-state index contributed by atoms with van der Waals surface area (Å²) in [5.41, 5.74) is 14.5. The quantitative estimate of drug-likeness (QED) is 0.160. The van der Waals surface area contributed by atoms with Gasteiger partial charge in [0, 0.05) is 42.3 Å². The van der Waals surface area contributed by atoms with Crippen LogP contribution in [-0.2, 0) is 0 Å². The summed E-state index contributed by atoms with van der Waals surface area (Å²) in [7, 11) is 0. The molecule has 2 heterocycles. The van der Waals surface area contributed by atoms with Crippen LogP contribution in [0.15, 0.2) is 229 Å². The normalized spacial score (nSPS) is 11.6. The lowest BCUT2D eigenvalue weighted by atomic mass is 9.93. The third-order valence-corrected chi connectivity index (χ3v) is 13.2. The van der Waals surface area contributed by atoms with E-state index in [9.17, 15) is 0 Å². The van der Waals surface area contributed by atoms with Crippen molar-refractivity contribution < 1.29 is 4.42 Å². The van der Waals surface area contributed by atoms with Crippen LogP contribution >= 0.6 is 11.3 Å². The van der Waals surface area contributed by atoms with Crippen molar-refractivity contribution in [3.63, 3.8) is 0 Å². The molecule has 0 unspecified atom stereocenters. The molecule has 0 saturated heterocycles. The Hall–Kier alpha value is -7.72.